The third kappa shape index (κ3) is 3.79. The average Bonchev–Trinajstić information content (AvgIpc) is 2.83. The molecular weight excluding hydrogens is 395 g/mol. The highest BCUT2D eigenvalue weighted by atomic mass is 35.5. The molecule has 0 aromatic heterocycles. The number of imide groups is 1. The molecule has 3 rings (SSSR count). The van der Waals surface area contributed by atoms with Crippen molar-refractivity contribution in [2.45, 2.75) is 6.42 Å². The van der Waals surface area contributed by atoms with Crippen LogP contribution >= 0.6 is 23.2 Å². The minimum atomic E-state index is -1.36. The lowest BCUT2D eigenvalue weighted by Crippen LogP contribution is -2.34. The van der Waals surface area contributed by atoms with Crippen molar-refractivity contribution in [3.8, 4) is 0 Å². The predicted molar refractivity (Wildman–Crippen MR) is 95.8 cm³/mol. The summed E-state index contributed by atoms with van der Waals surface area (Å²) in [6.07, 6.45) is -0.454. The van der Waals surface area contributed by atoms with E-state index in [2.05, 4.69) is 5.32 Å². The van der Waals surface area contributed by atoms with Crippen LogP contribution in [-0.2, 0) is 4.79 Å². The Hall–Kier alpha value is -2.90. The zero-order valence-corrected chi connectivity index (χ0v) is 15.1. The first-order valence-electron chi connectivity index (χ1n) is 7.74. The fraction of sp³-hybridized carbons (Fsp3) is 0.111. The van der Waals surface area contributed by atoms with Crippen LogP contribution in [-0.4, -0.2) is 35.1 Å². The number of anilines is 1. The van der Waals surface area contributed by atoms with E-state index in [4.69, 9.17) is 23.2 Å². The van der Waals surface area contributed by atoms with Gasteiger partial charge < -0.3 is 15.2 Å². The molecule has 0 spiro atoms. The van der Waals surface area contributed by atoms with E-state index in [9.17, 15) is 24.3 Å². The number of amides is 3. The molecule has 9 heteroatoms. The van der Waals surface area contributed by atoms with Gasteiger partial charge in [-0.15, -0.1) is 0 Å². The minimum Gasteiger partial charge on any atom is -0.550 e. The van der Waals surface area contributed by atoms with Gasteiger partial charge in [-0.05, 0) is 36.4 Å². The molecule has 2 aromatic carbocycles. The van der Waals surface area contributed by atoms with Crippen molar-refractivity contribution in [2.24, 2.45) is 0 Å². The fourth-order valence-corrected chi connectivity index (χ4v) is 3.14. The van der Waals surface area contributed by atoms with Gasteiger partial charge in [-0.25, -0.2) is 0 Å². The number of benzene rings is 2. The summed E-state index contributed by atoms with van der Waals surface area (Å²) >= 11 is 11.8. The molecule has 0 bridgehead atoms. The van der Waals surface area contributed by atoms with Crippen LogP contribution in [0.4, 0.5) is 5.69 Å². The van der Waals surface area contributed by atoms with E-state index < -0.39 is 30.1 Å². The van der Waals surface area contributed by atoms with Gasteiger partial charge in [0.25, 0.3) is 17.7 Å². The first-order valence-corrected chi connectivity index (χ1v) is 8.50. The summed E-state index contributed by atoms with van der Waals surface area (Å²) in [7, 11) is 0. The highest BCUT2D eigenvalue weighted by Gasteiger charge is 2.35. The lowest BCUT2D eigenvalue weighted by atomic mass is 10.1. The molecule has 3 amide bonds. The second-order valence-electron chi connectivity index (χ2n) is 5.72. The number of nitrogens with zero attached hydrogens (tertiary/aromatic N) is 1. The Balaban J connectivity index is 1.81. The van der Waals surface area contributed by atoms with Gasteiger partial charge in [-0.3, -0.25) is 19.3 Å². The molecule has 7 nitrogen and oxygen atoms in total. The molecule has 0 fully saturated rings. The molecule has 0 saturated carbocycles. The maximum Gasteiger partial charge on any atom is 0.261 e. The molecular formula is C18H11Cl2N2O5-. The van der Waals surface area contributed by atoms with Crippen molar-refractivity contribution in [1.29, 1.82) is 0 Å². The largest absolute Gasteiger partial charge is 0.550 e. The van der Waals surface area contributed by atoms with Crippen molar-refractivity contribution in [2.75, 3.05) is 11.9 Å². The smallest absolute Gasteiger partial charge is 0.261 e. The van der Waals surface area contributed by atoms with Gasteiger partial charge in [0, 0.05) is 29.6 Å². The first-order chi connectivity index (χ1) is 12.8. The maximum absolute atomic E-state index is 12.4. The van der Waals surface area contributed by atoms with Crippen molar-refractivity contribution < 1.29 is 24.3 Å². The zero-order valence-electron chi connectivity index (χ0n) is 13.6. The van der Waals surface area contributed by atoms with Crippen LogP contribution in [0.25, 0.3) is 0 Å². The Bertz CT molecular complexity index is 990. The molecule has 27 heavy (non-hydrogen) atoms. The molecule has 2 aromatic rings. The number of carboxylic acids is 1. The first kappa shape index (κ1) is 18.9. The minimum absolute atomic E-state index is 0.0818. The second kappa shape index (κ2) is 7.38. The molecule has 0 aliphatic carbocycles. The molecule has 138 valence electrons. The summed E-state index contributed by atoms with van der Waals surface area (Å²) < 4.78 is 0. The van der Waals surface area contributed by atoms with Crippen LogP contribution in [0, 0.1) is 0 Å². The summed E-state index contributed by atoms with van der Waals surface area (Å²) in [5.74, 6) is -3.09. The lowest BCUT2D eigenvalue weighted by molar-refractivity contribution is -0.305. The number of rotatable bonds is 5. The van der Waals surface area contributed by atoms with E-state index in [1.165, 1.54) is 36.4 Å². The van der Waals surface area contributed by atoms with Crippen molar-refractivity contribution >= 4 is 52.6 Å². The predicted octanol–water partition coefficient (Wildman–Crippen LogP) is 1.98. The summed E-state index contributed by atoms with van der Waals surface area (Å²) in [5, 5.41) is 13.7. The SMILES string of the molecule is O=C([O-])CCN1C(=O)c2ccc(NC(=O)c3ccc(Cl)cc3Cl)cc2C1=O. The molecule has 0 saturated heterocycles. The monoisotopic (exact) mass is 405 g/mol. The van der Waals surface area contributed by atoms with E-state index in [1.807, 2.05) is 0 Å². The Morgan fingerprint density at radius 1 is 1.00 bits per heavy atom. The van der Waals surface area contributed by atoms with E-state index in [0.717, 1.165) is 4.90 Å². The van der Waals surface area contributed by atoms with Crippen LogP contribution in [0.2, 0.25) is 10.0 Å². The normalized spacial score (nSPS) is 12.9. The topological polar surface area (TPSA) is 107 Å². The Morgan fingerprint density at radius 3 is 2.37 bits per heavy atom. The molecule has 1 N–H and O–H groups in total. The number of hydrogen-bond donors (Lipinski definition) is 1. The Kier molecular flexibility index (Phi) is 5.16. The standard InChI is InChI=1S/C18H12Cl2N2O5/c19-9-1-3-12(14(20)7-9)16(25)21-10-2-4-11-13(8-10)18(27)22(17(11)26)6-5-15(23)24/h1-4,7-8H,5-6H2,(H,21,25)(H,23,24)/p-1. The van der Waals surface area contributed by atoms with Crippen LogP contribution < -0.4 is 10.4 Å². The second-order valence-corrected chi connectivity index (χ2v) is 6.57. The van der Waals surface area contributed by atoms with Gasteiger partial charge in [0.1, 0.15) is 0 Å². The van der Waals surface area contributed by atoms with Crippen LogP contribution in [0.3, 0.4) is 0 Å². The molecule has 0 atom stereocenters. The van der Waals surface area contributed by atoms with Crippen LogP contribution in [0.1, 0.15) is 37.5 Å². The third-order valence-corrected chi connectivity index (χ3v) is 4.49. The maximum atomic E-state index is 12.4. The molecule has 0 unspecified atom stereocenters. The van der Waals surface area contributed by atoms with Gasteiger partial charge in [0.05, 0.1) is 21.7 Å². The number of fused-ring (bicyclic) bond motifs is 1. The van der Waals surface area contributed by atoms with Crippen molar-refractivity contribution in [1.82, 2.24) is 4.90 Å². The highest BCUT2D eigenvalue weighted by molar-refractivity contribution is 6.37. The summed E-state index contributed by atoms with van der Waals surface area (Å²) in [6.45, 7) is -0.281. The van der Waals surface area contributed by atoms with Gasteiger partial charge in [0.2, 0.25) is 0 Å². The van der Waals surface area contributed by atoms with Crippen LogP contribution in [0.5, 0.6) is 0 Å². The van der Waals surface area contributed by atoms with E-state index in [0.29, 0.717) is 5.02 Å². The summed E-state index contributed by atoms with van der Waals surface area (Å²) in [5.41, 5.74) is 0.700. The van der Waals surface area contributed by atoms with E-state index in [-0.39, 0.29) is 33.9 Å². The number of aliphatic carboxylic acids is 1. The van der Waals surface area contributed by atoms with E-state index in [1.54, 1.807) is 0 Å². The van der Waals surface area contributed by atoms with Gasteiger partial charge in [-0.2, -0.15) is 0 Å². The fourth-order valence-electron chi connectivity index (χ4n) is 2.65. The van der Waals surface area contributed by atoms with Crippen molar-refractivity contribution in [3.05, 3.63) is 63.1 Å². The van der Waals surface area contributed by atoms with E-state index >= 15 is 0 Å². The van der Waals surface area contributed by atoms with Gasteiger partial charge in [-0.1, -0.05) is 23.2 Å². The quantitative estimate of drug-likeness (QED) is 0.765. The number of carboxylic acid groups (broad SMARTS) is 1. The number of hydrogen-bond acceptors (Lipinski definition) is 5. The highest BCUT2D eigenvalue weighted by Crippen LogP contribution is 2.27. The number of halogens is 2. The van der Waals surface area contributed by atoms with Crippen LogP contribution in [0.15, 0.2) is 36.4 Å². The Labute approximate surface area is 163 Å². The van der Waals surface area contributed by atoms with Crippen molar-refractivity contribution in [3.63, 3.8) is 0 Å². The number of nitrogens with one attached hydrogen (secondary N) is 1. The molecule has 1 heterocycles. The number of carbonyl (C=O) groups excluding carboxylic acids is 4. The molecule has 0 radical (unpaired) electrons. The molecule has 1 aliphatic rings. The molecule has 1 aliphatic heterocycles. The summed E-state index contributed by atoms with van der Waals surface area (Å²) in [6, 6.07) is 8.63. The van der Waals surface area contributed by atoms with Gasteiger partial charge >= 0.3 is 0 Å². The Morgan fingerprint density at radius 2 is 1.70 bits per heavy atom. The summed E-state index contributed by atoms with van der Waals surface area (Å²) in [4.78, 5) is 48.4. The third-order valence-electron chi connectivity index (χ3n) is 3.94. The van der Waals surface area contributed by atoms with Gasteiger partial charge in [0.15, 0.2) is 0 Å². The zero-order chi connectivity index (χ0) is 19.7. The lowest BCUT2D eigenvalue weighted by Gasteiger charge is -2.13. The number of carbonyl (C=O) groups is 4. The average molecular weight is 406 g/mol.